The fourth-order valence-electron chi connectivity index (χ4n) is 2.66. The van der Waals surface area contributed by atoms with Gasteiger partial charge in [-0.25, -0.2) is 4.39 Å². The van der Waals surface area contributed by atoms with E-state index in [1.807, 2.05) is 31.1 Å². The number of hydrogen-bond donors (Lipinski definition) is 1. The lowest BCUT2D eigenvalue weighted by atomic mass is 10.0. The molecule has 2 rings (SSSR count). The topological polar surface area (TPSA) is 82.2 Å². The monoisotopic (exact) mass is 342 g/mol. The molecule has 1 unspecified atom stereocenters. The molecule has 2 aromatic carbocycles. The molecule has 0 heterocycles. The number of halogens is 1. The van der Waals surface area contributed by atoms with Gasteiger partial charge in [-0.15, -0.1) is 0 Å². The van der Waals surface area contributed by atoms with Crippen molar-refractivity contribution in [3.05, 3.63) is 69.0 Å². The Balaban J connectivity index is 2.31. The minimum absolute atomic E-state index is 0.103. The summed E-state index contributed by atoms with van der Waals surface area (Å²) < 4.78 is 13.5. The van der Waals surface area contributed by atoms with Gasteiger partial charge in [0.2, 0.25) is 0 Å². The van der Waals surface area contributed by atoms with Gasteiger partial charge in [0.05, 0.1) is 22.6 Å². The Morgan fingerprint density at radius 3 is 2.64 bits per heavy atom. The van der Waals surface area contributed by atoms with Crippen LogP contribution in [0.1, 0.15) is 22.7 Å². The Morgan fingerprint density at radius 2 is 2.08 bits per heavy atom. The van der Waals surface area contributed by atoms with Gasteiger partial charge in [0, 0.05) is 23.9 Å². The predicted molar refractivity (Wildman–Crippen MR) is 93.9 cm³/mol. The summed E-state index contributed by atoms with van der Waals surface area (Å²) in [5.41, 5.74) is 1.89. The molecular weight excluding hydrogens is 323 g/mol. The quantitative estimate of drug-likeness (QED) is 0.640. The summed E-state index contributed by atoms with van der Waals surface area (Å²) in [6.07, 6.45) is 0. The summed E-state index contributed by atoms with van der Waals surface area (Å²) in [7, 11) is 3.75. The van der Waals surface area contributed by atoms with Crippen LogP contribution in [0.25, 0.3) is 0 Å². The third-order valence-corrected chi connectivity index (χ3v) is 4.05. The highest BCUT2D eigenvalue weighted by molar-refractivity contribution is 5.64. The third kappa shape index (κ3) is 4.31. The van der Waals surface area contributed by atoms with Crippen molar-refractivity contribution in [1.82, 2.24) is 4.90 Å². The van der Waals surface area contributed by atoms with Gasteiger partial charge in [0.1, 0.15) is 5.82 Å². The number of likely N-dealkylation sites (N-methyl/N-ethyl adjacent to an activating group) is 1. The fraction of sp³-hybridized carbons (Fsp3) is 0.278. The van der Waals surface area contributed by atoms with Crippen molar-refractivity contribution in [3.63, 3.8) is 0 Å². The van der Waals surface area contributed by atoms with Crippen LogP contribution in [-0.4, -0.2) is 30.5 Å². The lowest BCUT2D eigenvalue weighted by molar-refractivity contribution is -0.385. The summed E-state index contributed by atoms with van der Waals surface area (Å²) in [4.78, 5) is 12.6. The molecule has 0 aromatic heterocycles. The largest absolute Gasteiger partial charge is 0.383 e. The minimum Gasteiger partial charge on any atom is -0.383 e. The highest BCUT2D eigenvalue weighted by Crippen LogP contribution is 2.29. The zero-order chi connectivity index (χ0) is 18.6. The Hall–Kier alpha value is -2.98. The number of nitriles is 1. The molecule has 130 valence electrons. The Kier molecular flexibility index (Phi) is 5.67. The number of nitro benzene ring substituents is 1. The third-order valence-electron chi connectivity index (χ3n) is 4.05. The van der Waals surface area contributed by atoms with E-state index in [4.69, 9.17) is 5.26 Å². The smallest absolute Gasteiger partial charge is 0.275 e. The Labute approximate surface area is 145 Å². The van der Waals surface area contributed by atoms with E-state index in [-0.39, 0.29) is 23.1 Å². The van der Waals surface area contributed by atoms with E-state index in [0.29, 0.717) is 17.8 Å². The van der Waals surface area contributed by atoms with Gasteiger partial charge in [-0.05, 0) is 44.8 Å². The molecule has 1 N–H and O–H groups in total. The first kappa shape index (κ1) is 18.4. The van der Waals surface area contributed by atoms with Crippen LogP contribution in [0.15, 0.2) is 36.4 Å². The molecule has 25 heavy (non-hydrogen) atoms. The maximum Gasteiger partial charge on any atom is 0.275 e. The van der Waals surface area contributed by atoms with Crippen molar-refractivity contribution in [1.29, 1.82) is 5.26 Å². The predicted octanol–water partition coefficient (Wildman–Crippen LogP) is 3.63. The van der Waals surface area contributed by atoms with Gasteiger partial charge in [0.15, 0.2) is 0 Å². The lowest BCUT2D eigenvalue weighted by Gasteiger charge is -2.26. The lowest BCUT2D eigenvalue weighted by Crippen LogP contribution is -2.27. The summed E-state index contributed by atoms with van der Waals surface area (Å²) >= 11 is 0. The van der Waals surface area contributed by atoms with Gasteiger partial charge >= 0.3 is 0 Å². The molecule has 0 aliphatic rings. The number of benzene rings is 2. The highest BCUT2D eigenvalue weighted by atomic mass is 19.1. The zero-order valence-electron chi connectivity index (χ0n) is 14.3. The average molecular weight is 342 g/mol. The van der Waals surface area contributed by atoms with Gasteiger partial charge in [-0.2, -0.15) is 5.26 Å². The van der Waals surface area contributed by atoms with Crippen LogP contribution in [0.3, 0.4) is 0 Å². The molecule has 0 amide bonds. The molecule has 0 saturated heterocycles. The number of nitrogens with zero attached hydrogens (tertiary/aromatic N) is 3. The molecule has 6 nitrogen and oxygen atoms in total. The van der Waals surface area contributed by atoms with Crippen molar-refractivity contribution < 1.29 is 9.31 Å². The molecule has 0 bridgehead atoms. The summed E-state index contributed by atoms with van der Waals surface area (Å²) in [6, 6.07) is 11.0. The molecule has 0 spiro atoms. The standard InChI is InChI=1S/C18H19FN4O2/c1-12-16(7-13(10-20)8-17(12)23(24)25)21-11-18(22(2)3)14-5-4-6-15(19)9-14/h4-9,18,21H,11H2,1-3H3. The van der Waals surface area contributed by atoms with Crippen molar-refractivity contribution >= 4 is 11.4 Å². The van der Waals surface area contributed by atoms with E-state index in [0.717, 1.165) is 5.56 Å². The van der Waals surface area contributed by atoms with Gasteiger partial charge < -0.3 is 10.2 Å². The number of hydrogen-bond acceptors (Lipinski definition) is 5. The van der Waals surface area contributed by atoms with Crippen LogP contribution in [0.5, 0.6) is 0 Å². The number of anilines is 1. The summed E-state index contributed by atoms with van der Waals surface area (Å²) in [5.74, 6) is -0.317. The molecule has 7 heteroatoms. The molecule has 1 atom stereocenters. The van der Waals surface area contributed by atoms with Crippen molar-refractivity contribution in [3.8, 4) is 6.07 Å². The summed E-state index contributed by atoms with van der Waals surface area (Å²) in [6.45, 7) is 2.04. The van der Waals surface area contributed by atoms with E-state index in [2.05, 4.69) is 5.32 Å². The maximum atomic E-state index is 13.5. The Bertz CT molecular complexity index is 830. The number of nitro groups is 1. The minimum atomic E-state index is -0.503. The van der Waals surface area contributed by atoms with E-state index >= 15 is 0 Å². The SMILES string of the molecule is Cc1c(NCC(c2cccc(F)c2)N(C)C)cc(C#N)cc1[N+](=O)[O-]. The maximum absolute atomic E-state index is 13.5. The van der Waals surface area contributed by atoms with Crippen LogP contribution >= 0.6 is 0 Å². The molecule has 2 aromatic rings. The first-order valence-corrected chi connectivity index (χ1v) is 7.68. The zero-order valence-corrected chi connectivity index (χ0v) is 14.3. The molecule has 0 aliphatic carbocycles. The molecule has 0 radical (unpaired) electrons. The van der Waals surface area contributed by atoms with Gasteiger partial charge in [-0.3, -0.25) is 10.1 Å². The van der Waals surface area contributed by atoms with Crippen molar-refractivity contribution in [2.24, 2.45) is 0 Å². The fourth-order valence-corrected chi connectivity index (χ4v) is 2.66. The van der Waals surface area contributed by atoms with Crippen LogP contribution in [0.2, 0.25) is 0 Å². The molecule has 0 fully saturated rings. The highest BCUT2D eigenvalue weighted by Gasteiger charge is 2.19. The van der Waals surface area contributed by atoms with E-state index < -0.39 is 4.92 Å². The number of nitrogens with one attached hydrogen (secondary N) is 1. The van der Waals surface area contributed by atoms with Crippen LogP contribution in [0.4, 0.5) is 15.8 Å². The van der Waals surface area contributed by atoms with Crippen LogP contribution < -0.4 is 5.32 Å². The average Bonchev–Trinajstić information content (AvgIpc) is 2.56. The van der Waals surface area contributed by atoms with E-state index in [1.54, 1.807) is 19.1 Å². The second kappa shape index (κ2) is 7.73. The van der Waals surface area contributed by atoms with Gasteiger partial charge in [0.25, 0.3) is 5.69 Å². The first-order valence-electron chi connectivity index (χ1n) is 7.68. The molecular formula is C18H19FN4O2. The summed E-state index contributed by atoms with van der Waals surface area (Å²) in [5, 5.41) is 23.4. The van der Waals surface area contributed by atoms with E-state index in [1.165, 1.54) is 18.2 Å². The number of rotatable bonds is 6. The second-order valence-corrected chi connectivity index (χ2v) is 5.95. The van der Waals surface area contributed by atoms with Crippen LogP contribution in [-0.2, 0) is 0 Å². The van der Waals surface area contributed by atoms with Crippen molar-refractivity contribution in [2.45, 2.75) is 13.0 Å². The normalized spacial score (nSPS) is 11.8. The van der Waals surface area contributed by atoms with Crippen molar-refractivity contribution in [2.75, 3.05) is 26.0 Å². The molecule has 0 aliphatic heterocycles. The second-order valence-electron chi connectivity index (χ2n) is 5.95. The van der Waals surface area contributed by atoms with E-state index in [9.17, 15) is 14.5 Å². The first-order chi connectivity index (χ1) is 11.8. The molecule has 0 saturated carbocycles. The van der Waals surface area contributed by atoms with Gasteiger partial charge in [-0.1, -0.05) is 12.1 Å². The Morgan fingerprint density at radius 1 is 1.36 bits per heavy atom. The van der Waals surface area contributed by atoms with Crippen LogP contribution in [0, 0.1) is 34.2 Å².